The molecule has 1 fully saturated rings. The van der Waals surface area contributed by atoms with Crippen molar-refractivity contribution in [2.45, 2.75) is 38.6 Å². The van der Waals surface area contributed by atoms with E-state index in [-0.39, 0.29) is 5.91 Å². The van der Waals surface area contributed by atoms with Crippen molar-refractivity contribution in [1.29, 1.82) is 0 Å². The van der Waals surface area contributed by atoms with Gasteiger partial charge in [-0.25, -0.2) is 0 Å². The Morgan fingerprint density at radius 1 is 1.10 bits per heavy atom. The molecule has 156 valence electrons. The highest BCUT2D eigenvalue weighted by Gasteiger charge is 2.23. The zero-order chi connectivity index (χ0) is 20.5. The smallest absolute Gasteiger partial charge is 0.224 e. The molecule has 1 N–H and O–H groups in total. The first kappa shape index (κ1) is 21.2. The lowest BCUT2D eigenvalue weighted by molar-refractivity contribution is -0.116. The van der Waals surface area contributed by atoms with Crippen molar-refractivity contribution in [2.24, 2.45) is 5.92 Å². The molecular weight excluding hydrogens is 364 g/mol. The number of methoxy groups -OCH3 is 1. The van der Waals surface area contributed by atoms with Gasteiger partial charge >= 0.3 is 0 Å². The molecule has 0 aromatic heterocycles. The first-order valence-corrected chi connectivity index (χ1v) is 10.5. The molecule has 1 amide bonds. The Kier molecular flexibility index (Phi) is 7.94. The number of nitrogens with one attached hydrogen (secondary N) is 1. The fraction of sp³-hybridized carbons (Fsp3) is 0.458. The van der Waals surface area contributed by atoms with Crippen LogP contribution in [0.15, 0.2) is 54.6 Å². The molecule has 5 heteroatoms. The number of ether oxygens (including phenoxy) is 2. The van der Waals surface area contributed by atoms with Crippen LogP contribution in [0.4, 0.5) is 5.69 Å². The second-order valence-electron chi connectivity index (χ2n) is 7.77. The third-order valence-corrected chi connectivity index (χ3v) is 5.64. The largest absolute Gasteiger partial charge is 0.497 e. The number of benzene rings is 2. The van der Waals surface area contributed by atoms with Gasteiger partial charge in [-0.2, -0.15) is 0 Å². The quantitative estimate of drug-likeness (QED) is 0.673. The van der Waals surface area contributed by atoms with Gasteiger partial charge in [0.25, 0.3) is 0 Å². The van der Waals surface area contributed by atoms with Crippen LogP contribution in [0.2, 0.25) is 0 Å². The number of amides is 1. The van der Waals surface area contributed by atoms with E-state index in [1.54, 1.807) is 7.11 Å². The van der Waals surface area contributed by atoms with Crippen LogP contribution in [0.25, 0.3) is 0 Å². The summed E-state index contributed by atoms with van der Waals surface area (Å²) in [5, 5.41) is 2.97. The number of piperidine rings is 1. The van der Waals surface area contributed by atoms with E-state index in [0.29, 0.717) is 25.0 Å². The number of nitrogens with zero attached hydrogens (tertiary/aromatic N) is 1. The molecule has 0 spiro atoms. The lowest BCUT2D eigenvalue weighted by atomic mass is 9.91. The molecule has 5 nitrogen and oxygen atoms in total. The molecule has 1 aliphatic heterocycles. The van der Waals surface area contributed by atoms with Gasteiger partial charge < -0.3 is 14.8 Å². The molecule has 1 heterocycles. The van der Waals surface area contributed by atoms with E-state index in [1.807, 2.05) is 54.6 Å². The van der Waals surface area contributed by atoms with Gasteiger partial charge in [-0.1, -0.05) is 24.3 Å². The van der Waals surface area contributed by atoms with E-state index in [1.165, 1.54) is 0 Å². The topological polar surface area (TPSA) is 50.8 Å². The van der Waals surface area contributed by atoms with Crippen LogP contribution in [-0.4, -0.2) is 43.7 Å². The molecule has 2 aromatic rings. The number of hydrogen-bond acceptors (Lipinski definition) is 4. The third kappa shape index (κ3) is 6.79. The fourth-order valence-corrected chi connectivity index (χ4v) is 3.78. The van der Waals surface area contributed by atoms with Gasteiger partial charge in [-0.05, 0) is 69.5 Å². The number of likely N-dealkylation sites (tertiary alicyclic amines) is 1. The lowest BCUT2D eigenvalue weighted by Crippen LogP contribution is -2.42. The number of anilines is 1. The Balaban J connectivity index is 1.34. The van der Waals surface area contributed by atoms with Crippen molar-refractivity contribution in [2.75, 3.05) is 32.1 Å². The molecule has 0 saturated carbocycles. The van der Waals surface area contributed by atoms with E-state index in [9.17, 15) is 4.79 Å². The predicted molar refractivity (Wildman–Crippen MR) is 117 cm³/mol. The van der Waals surface area contributed by atoms with Crippen molar-refractivity contribution in [3.63, 3.8) is 0 Å². The molecule has 0 radical (unpaired) electrons. The summed E-state index contributed by atoms with van der Waals surface area (Å²) in [5.74, 6) is 2.37. The summed E-state index contributed by atoms with van der Waals surface area (Å²) in [6, 6.07) is 17.9. The normalized spacial score (nSPS) is 16.2. The van der Waals surface area contributed by atoms with E-state index in [2.05, 4.69) is 17.1 Å². The first-order valence-electron chi connectivity index (χ1n) is 10.5. The average Bonchev–Trinajstić information content (AvgIpc) is 2.77. The zero-order valence-corrected chi connectivity index (χ0v) is 17.5. The van der Waals surface area contributed by atoms with Gasteiger partial charge in [0, 0.05) is 24.2 Å². The van der Waals surface area contributed by atoms with Crippen LogP contribution in [0.3, 0.4) is 0 Å². The minimum Gasteiger partial charge on any atom is -0.497 e. The van der Waals surface area contributed by atoms with Gasteiger partial charge in [-0.3, -0.25) is 9.69 Å². The standard InChI is InChI=1S/C24H32N2O3/c1-19(18-29-22-8-4-3-5-9-22)26-15-13-20(14-16-26)11-12-24(27)25-21-7-6-10-23(17-21)28-2/h3-10,17,19-20H,11-16,18H2,1-2H3,(H,25,27). The van der Waals surface area contributed by atoms with Crippen LogP contribution in [0, 0.1) is 5.92 Å². The lowest BCUT2D eigenvalue weighted by Gasteiger charge is -2.35. The average molecular weight is 397 g/mol. The van der Waals surface area contributed by atoms with Gasteiger partial charge in [0.2, 0.25) is 5.91 Å². The Hall–Kier alpha value is -2.53. The number of para-hydroxylation sites is 1. The second kappa shape index (κ2) is 10.9. The zero-order valence-electron chi connectivity index (χ0n) is 17.5. The van der Waals surface area contributed by atoms with Crippen molar-refractivity contribution >= 4 is 11.6 Å². The summed E-state index contributed by atoms with van der Waals surface area (Å²) in [7, 11) is 1.63. The van der Waals surface area contributed by atoms with Gasteiger partial charge in [-0.15, -0.1) is 0 Å². The van der Waals surface area contributed by atoms with E-state index in [4.69, 9.17) is 9.47 Å². The highest BCUT2D eigenvalue weighted by atomic mass is 16.5. The maximum Gasteiger partial charge on any atom is 0.224 e. The SMILES string of the molecule is COc1cccc(NC(=O)CCC2CCN(C(C)COc3ccccc3)CC2)c1. The molecule has 0 bridgehead atoms. The Labute approximate surface area is 174 Å². The van der Waals surface area contributed by atoms with Crippen LogP contribution < -0.4 is 14.8 Å². The number of carbonyl (C=O) groups excluding carboxylic acids is 1. The Morgan fingerprint density at radius 3 is 2.55 bits per heavy atom. The highest BCUT2D eigenvalue weighted by molar-refractivity contribution is 5.90. The molecule has 0 aliphatic carbocycles. The molecule has 2 aromatic carbocycles. The van der Waals surface area contributed by atoms with Crippen molar-refractivity contribution in [3.05, 3.63) is 54.6 Å². The Morgan fingerprint density at radius 2 is 1.83 bits per heavy atom. The van der Waals surface area contributed by atoms with Gasteiger partial charge in [0.1, 0.15) is 18.1 Å². The van der Waals surface area contributed by atoms with Gasteiger partial charge in [0.05, 0.1) is 7.11 Å². The summed E-state index contributed by atoms with van der Waals surface area (Å²) in [4.78, 5) is 14.8. The number of carbonyl (C=O) groups is 1. The maximum atomic E-state index is 12.3. The summed E-state index contributed by atoms with van der Waals surface area (Å²) < 4.78 is 11.1. The maximum absolute atomic E-state index is 12.3. The predicted octanol–water partition coefficient (Wildman–Crippen LogP) is 4.59. The van der Waals surface area contributed by atoms with Crippen LogP contribution in [-0.2, 0) is 4.79 Å². The van der Waals surface area contributed by atoms with E-state index in [0.717, 1.165) is 49.5 Å². The summed E-state index contributed by atoms with van der Waals surface area (Å²) in [6.07, 6.45) is 3.79. The number of hydrogen-bond donors (Lipinski definition) is 1. The van der Waals surface area contributed by atoms with E-state index < -0.39 is 0 Å². The van der Waals surface area contributed by atoms with Crippen molar-refractivity contribution < 1.29 is 14.3 Å². The molecule has 29 heavy (non-hydrogen) atoms. The third-order valence-electron chi connectivity index (χ3n) is 5.64. The Bertz CT molecular complexity index is 758. The minimum atomic E-state index is 0.0744. The monoisotopic (exact) mass is 396 g/mol. The van der Waals surface area contributed by atoms with E-state index >= 15 is 0 Å². The van der Waals surface area contributed by atoms with Crippen LogP contribution >= 0.6 is 0 Å². The molecular formula is C24H32N2O3. The highest BCUT2D eigenvalue weighted by Crippen LogP contribution is 2.24. The molecule has 1 atom stereocenters. The summed E-state index contributed by atoms with van der Waals surface area (Å²) in [6.45, 7) is 5.07. The van der Waals surface area contributed by atoms with Crippen LogP contribution in [0.5, 0.6) is 11.5 Å². The van der Waals surface area contributed by atoms with Crippen molar-refractivity contribution in [3.8, 4) is 11.5 Å². The van der Waals surface area contributed by atoms with Crippen molar-refractivity contribution in [1.82, 2.24) is 4.90 Å². The molecule has 1 saturated heterocycles. The minimum absolute atomic E-state index is 0.0744. The fourth-order valence-electron chi connectivity index (χ4n) is 3.78. The summed E-state index contributed by atoms with van der Waals surface area (Å²) in [5.41, 5.74) is 0.788. The second-order valence-corrected chi connectivity index (χ2v) is 7.77. The molecule has 1 aliphatic rings. The number of rotatable bonds is 9. The molecule has 1 unspecified atom stereocenters. The van der Waals surface area contributed by atoms with Crippen LogP contribution in [0.1, 0.15) is 32.6 Å². The summed E-state index contributed by atoms with van der Waals surface area (Å²) >= 11 is 0. The molecule has 3 rings (SSSR count). The van der Waals surface area contributed by atoms with Gasteiger partial charge in [0.15, 0.2) is 0 Å². The first-order chi connectivity index (χ1) is 14.1.